The van der Waals surface area contributed by atoms with Crippen LogP contribution in [0.1, 0.15) is 32.6 Å². The highest BCUT2D eigenvalue weighted by atomic mass is 32.2. The number of benzene rings is 1. The molecule has 214 valence electrons. The smallest absolute Gasteiger partial charge is 0.475 e. The highest BCUT2D eigenvalue weighted by Gasteiger charge is 2.38. The molecule has 2 heterocycles. The number of aromatic nitrogens is 2. The van der Waals surface area contributed by atoms with E-state index in [4.69, 9.17) is 19.9 Å². The van der Waals surface area contributed by atoms with Crippen molar-refractivity contribution in [2.75, 3.05) is 36.9 Å². The number of para-hydroxylation sites is 1. The molecule has 1 aromatic carbocycles. The Morgan fingerprint density at radius 3 is 2.26 bits per heavy atom. The Hall–Kier alpha value is -2.97. The third-order valence-electron chi connectivity index (χ3n) is 6.50. The second kappa shape index (κ2) is 13.4. The fourth-order valence-corrected chi connectivity index (χ4v) is 6.32. The molecule has 39 heavy (non-hydrogen) atoms. The Morgan fingerprint density at radius 2 is 1.69 bits per heavy atom. The first-order valence-corrected chi connectivity index (χ1v) is 14.8. The first kappa shape index (κ1) is 30.6. The zero-order chi connectivity index (χ0) is 28.6. The summed E-state index contributed by atoms with van der Waals surface area (Å²) < 4.78 is 59.6. The van der Waals surface area contributed by atoms with E-state index in [1.165, 1.54) is 11.3 Å². The van der Waals surface area contributed by atoms with Crippen molar-refractivity contribution < 1.29 is 31.5 Å². The molecule has 3 aromatic rings. The number of nitrogens with one attached hydrogen (secondary N) is 2. The molecule has 3 N–H and O–H groups in total. The van der Waals surface area contributed by atoms with Gasteiger partial charge in [-0.25, -0.2) is 22.9 Å². The molecule has 0 bridgehead atoms. The molecule has 4 rings (SSSR count). The summed E-state index contributed by atoms with van der Waals surface area (Å²) in [7, 11) is -1.32. The first-order valence-electron chi connectivity index (χ1n) is 12.5. The molecule has 14 heteroatoms. The van der Waals surface area contributed by atoms with Crippen molar-refractivity contribution in [2.24, 2.45) is 11.8 Å². The van der Waals surface area contributed by atoms with E-state index in [1.807, 2.05) is 25.2 Å². The molecule has 0 spiro atoms. The zero-order valence-electron chi connectivity index (χ0n) is 21.6. The van der Waals surface area contributed by atoms with Gasteiger partial charge in [-0.05, 0) is 68.0 Å². The number of sulfonamides is 1. The molecule has 0 saturated heterocycles. The Kier molecular flexibility index (Phi) is 10.5. The number of aliphatic carboxylic acids is 1. The van der Waals surface area contributed by atoms with Gasteiger partial charge in [-0.3, -0.25) is 0 Å². The number of carbonyl (C=O) groups is 1. The number of alkyl halides is 3. The number of hydrogen-bond acceptors (Lipinski definition) is 8. The van der Waals surface area contributed by atoms with Crippen LogP contribution in [-0.2, 0) is 14.8 Å². The molecule has 1 fully saturated rings. The SMILES string of the molecule is CCN(C)c1nc(NCC2CCC(CNS(=O)(=O)c3cccs3)CC2)nc2ccccc12.O=C(O)C(F)(F)F. The van der Waals surface area contributed by atoms with Crippen LogP contribution in [0.3, 0.4) is 0 Å². The first-order chi connectivity index (χ1) is 18.4. The fourth-order valence-electron chi connectivity index (χ4n) is 4.17. The lowest BCUT2D eigenvalue weighted by atomic mass is 9.82. The standard InChI is InChI=1S/C23H31N5O2S2.C2HF3O2/c1-3-28(2)22-19-7-4-5-8-20(19)26-23(27-22)24-15-17-10-12-18(13-11-17)16-25-32(29,30)21-9-6-14-31-21;3-2(4,5)1(6)7/h4-9,14,17-18,25H,3,10-13,15-16H2,1-2H3,(H,24,26,27);(H,6,7). The van der Waals surface area contributed by atoms with Crippen molar-refractivity contribution in [1.29, 1.82) is 0 Å². The number of halogens is 3. The van der Waals surface area contributed by atoms with E-state index in [-0.39, 0.29) is 0 Å². The van der Waals surface area contributed by atoms with Gasteiger partial charge < -0.3 is 15.3 Å². The predicted octanol–water partition coefficient (Wildman–Crippen LogP) is 4.98. The molecular formula is C25H32F3N5O4S2. The third kappa shape index (κ3) is 8.77. The lowest BCUT2D eigenvalue weighted by Crippen LogP contribution is -2.32. The molecule has 1 saturated carbocycles. The highest BCUT2D eigenvalue weighted by molar-refractivity contribution is 7.91. The summed E-state index contributed by atoms with van der Waals surface area (Å²) >= 11 is 1.25. The number of carboxylic acids is 1. The van der Waals surface area contributed by atoms with Crippen LogP contribution >= 0.6 is 11.3 Å². The Labute approximate surface area is 229 Å². The molecule has 1 aliphatic carbocycles. The van der Waals surface area contributed by atoms with Crippen molar-refractivity contribution in [3.05, 3.63) is 41.8 Å². The summed E-state index contributed by atoms with van der Waals surface area (Å²) in [6.45, 7) is 4.34. The number of carboxylic acid groups (broad SMARTS) is 1. The van der Waals surface area contributed by atoms with Gasteiger partial charge in [-0.2, -0.15) is 18.2 Å². The molecule has 2 aromatic heterocycles. The maximum atomic E-state index is 12.3. The molecule has 0 unspecified atom stereocenters. The van der Waals surface area contributed by atoms with Crippen LogP contribution in [-0.4, -0.2) is 62.3 Å². The van der Waals surface area contributed by atoms with Gasteiger partial charge in [-0.15, -0.1) is 11.3 Å². The van der Waals surface area contributed by atoms with E-state index in [1.54, 1.807) is 17.5 Å². The van der Waals surface area contributed by atoms with Crippen LogP contribution in [0.4, 0.5) is 24.9 Å². The summed E-state index contributed by atoms with van der Waals surface area (Å²) in [5.74, 6) is -0.204. The quantitative estimate of drug-likeness (QED) is 0.320. The number of rotatable bonds is 9. The van der Waals surface area contributed by atoms with Crippen LogP contribution in [0.5, 0.6) is 0 Å². The molecule has 0 amide bonds. The molecule has 9 nitrogen and oxygen atoms in total. The van der Waals surface area contributed by atoms with Gasteiger partial charge in [0.05, 0.1) is 5.52 Å². The van der Waals surface area contributed by atoms with Crippen LogP contribution in [0, 0.1) is 11.8 Å². The number of anilines is 2. The second-order valence-electron chi connectivity index (χ2n) is 9.26. The van der Waals surface area contributed by atoms with E-state index in [2.05, 4.69) is 27.9 Å². The van der Waals surface area contributed by atoms with Crippen LogP contribution in [0.15, 0.2) is 46.0 Å². The summed E-state index contributed by atoms with van der Waals surface area (Å²) in [6, 6.07) is 11.5. The Balaban J connectivity index is 0.000000532. The maximum Gasteiger partial charge on any atom is 0.490 e. The number of fused-ring (bicyclic) bond motifs is 1. The van der Waals surface area contributed by atoms with Crippen LogP contribution < -0.4 is 14.9 Å². The summed E-state index contributed by atoms with van der Waals surface area (Å²) in [6.07, 6.45) is -0.870. The summed E-state index contributed by atoms with van der Waals surface area (Å²) in [5, 5.41) is 13.4. The average molecular weight is 588 g/mol. The van der Waals surface area contributed by atoms with Gasteiger partial charge in [0.2, 0.25) is 16.0 Å². The van der Waals surface area contributed by atoms with E-state index in [0.717, 1.165) is 55.5 Å². The number of thiophene rings is 1. The molecule has 0 atom stereocenters. The summed E-state index contributed by atoms with van der Waals surface area (Å²) in [5.41, 5.74) is 0.946. The van der Waals surface area contributed by atoms with E-state index >= 15 is 0 Å². The lowest BCUT2D eigenvalue weighted by molar-refractivity contribution is -0.192. The summed E-state index contributed by atoms with van der Waals surface area (Å²) in [4.78, 5) is 20.5. The van der Waals surface area contributed by atoms with Crippen molar-refractivity contribution in [1.82, 2.24) is 14.7 Å². The number of nitrogens with zero attached hydrogens (tertiary/aromatic N) is 3. The zero-order valence-corrected chi connectivity index (χ0v) is 23.2. The third-order valence-corrected chi connectivity index (χ3v) is 9.32. The van der Waals surface area contributed by atoms with Gasteiger partial charge in [0.15, 0.2) is 0 Å². The molecule has 0 aliphatic heterocycles. The molecular weight excluding hydrogens is 555 g/mol. The van der Waals surface area contributed by atoms with E-state index in [9.17, 15) is 21.6 Å². The van der Waals surface area contributed by atoms with Crippen LogP contribution in [0.2, 0.25) is 0 Å². The van der Waals surface area contributed by atoms with E-state index in [0.29, 0.717) is 28.5 Å². The minimum Gasteiger partial charge on any atom is -0.475 e. The second-order valence-corrected chi connectivity index (χ2v) is 12.2. The van der Waals surface area contributed by atoms with Crippen molar-refractivity contribution in [3.63, 3.8) is 0 Å². The molecule has 1 aliphatic rings. The van der Waals surface area contributed by atoms with Gasteiger partial charge in [0.1, 0.15) is 10.0 Å². The van der Waals surface area contributed by atoms with Gasteiger partial charge in [0, 0.05) is 32.1 Å². The maximum absolute atomic E-state index is 12.3. The Morgan fingerprint density at radius 1 is 1.08 bits per heavy atom. The van der Waals surface area contributed by atoms with Crippen molar-refractivity contribution in [3.8, 4) is 0 Å². The minimum atomic E-state index is -5.08. The predicted molar refractivity (Wildman–Crippen MR) is 146 cm³/mol. The topological polar surface area (TPSA) is 125 Å². The highest BCUT2D eigenvalue weighted by Crippen LogP contribution is 2.30. The fraction of sp³-hybridized carbons (Fsp3) is 0.480. The lowest BCUT2D eigenvalue weighted by Gasteiger charge is -2.28. The van der Waals surface area contributed by atoms with Gasteiger partial charge in [-0.1, -0.05) is 18.2 Å². The van der Waals surface area contributed by atoms with Crippen molar-refractivity contribution in [2.45, 2.75) is 43.0 Å². The normalized spacial score (nSPS) is 17.8. The monoisotopic (exact) mass is 587 g/mol. The van der Waals surface area contributed by atoms with Crippen LogP contribution in [0.25, 0.3) is 10.9 Å². The number of hydrogen-bond donors (Lipinski definition) is 3. The largest absolute Gasteiger partial charge is 0.490 e. The average Bonchev–Trinajstić information content (AvgIpc) is 3.47. The minimum absolute atomic E-state index is 0.388. The van der Waals surface area contributed by atoms with Crippen molar-refractivity contribution >= 4 is 50.0 Å². The van der Waals surface area contributed by atoms with Gasteiger partial charge >= 0.3 is 12.1 Å². The van der Waals surface area contributed by atoms with E-state index < -0.39 is 22.2 Å². The van der Waals surface area contributed by atoms with Gasteiger partial charge in [0.25, 0.3) is 0 Å². The molecule has 0 radical (unpaired) electrons. The Bertz CT molecular complexity index is 1330.